The van der Waals surface area contributed by atoms with Gasteiger partial charge in [0.2, 0.25) is 0 Å². The van der Waals surface area contributed by atoms with Crippen LogP contribution in [0.4, 0.5) is 21.9 Å². The molecule has 4 aromatic rings. The van der Waals surface area contributed by atoms with Gasteiger partial charge in [0.05, 0.1) is 22.4 Å². The minimum Gasteiger partial charge on any atom is -0.457 e. The molecule has 0 aliphatic carbocycles. The highest BCUT2D eigenvalue weighted by Crippen LogP contribution is 2.46. The number of rotatable bonds is 6. The Kier molecular flexibility index (Phi) is 6.02. The first-order valence-corrected chi connectivity index (χ1v) is 13.2. The molecule has 1 saturated heterocycles. The van der Waals surface area contributed by atoms with Crippen molar-refractivity contribution in [2.75, 3.05) is 30.4 Å². The molecule has 0 bridgehead atoms. The Morgan fingerprint density at radius 1 is 1.16 bits per heavy atom. The molecule has 2 aliphatic rings. The molecule has 1 fully saturated rings. The molecule has 6 rings (SSSR count). The second-order valence-corrected chi connectivity index (χ2v) is 10.4. The van der Waals surface area contributed by atoms with Gasteiger partial charge in [-0.05, 0) is 75.3 Å². The lowest BCUT2D eigenvalue weighted by Crippen LogP contribution is -2.38. The number of pyridine rings is 1. The van der Waals surface area contributed by atoms with E-state index < -0.39 is 0 Å². The maximum atomic E-state index is 13.4. The third kappa shape index (κ3) is 4.30. The van der Waals surface area contributed by atoms with E-state index in [1.54, 1.807) is 11.1 Å². The quantitative estimate of drug-likeness (QED) is 0.335. The molecule has 0 saturated carbocycles. The van der Waals surface area contributed by atoms with Crippen LogP contribution in [-0.4, -0.2) is 48.0 Å². The number of likely N-dealkylation sites (tertiary alicyclic amines) is 1. The van der Waals surface area contributed by atoms with Crippen molar-refractivity contribution in [3.8, 4) is 11.5 Å². The van der Waals surface area contributed by atoms with Crippen molar-refractivity contribution in [1.82, 2.24) is 15.2 Å². The van der Waals surface area contributed by atoms with Gasteiger partial charge in [-0.15, -0.1) is 11.3 Å². The number of aryl methyl sites for hydroxylation is 1. The van der Waals surface area contributed by atoms with E-state index in [0.29, 0.717) is 39.4 Å². The number of amides is 3. The number of para-hydroxylation sites is 1. The molecule has 2 aliphatic heterocycles. The number of hydrogen-bond acceptors (Lipinski definition) is 6. The van der Waals surface area contributed by atoms with Crippen LogP contribution in [0, 0.1) is 6.92 Å². The Morgan fingerprint density at radius 3 is 2.76 bits per heavy atom. The Balaban J connectivity index is 1.31. The van der Waals surface area contributed by atoms with Crippen LogP contribution in [-0.2, 0) is 0 Å². The number of carbonyl (C=O) groups excluding carboxylic acids is 2. The van der Waals surface area contributed by atoms with Crippen molar-refractivity contribution in [3.05, 3.63) is 71.2 Å². The Bertz CT molecular complexity index is 1500. The first kappa shape index (κ1) is 23.4. The predicted molar refractivity (Wildman–Crippen MR) is 146 cm³/mol. The monoisotopic (exact) mass is 513 g/mol. The lowest BCUT2D eigenvalue weighted by atomic mass is 10.1. The van der Waals surface area contributed by atoms with Crippen molar-refractivity contribution >= 4 is 50.6 Å². The van der Waals surface area contributed by atoms with E-state index >= 15 is 0 Å². The largest absolute Gasteiger partial charge is 0.457 e. The summed E-state index contributed by atoms with van der Waals surface area (Å²) in [6.07, 6.45) is 3.89. The van der Waals surface area contributed by atoms with Gasteiger partial charge >= 0.3 is 6.03 Å². The molecule has 0 radical (unpaired) electrons. The first-order valence-electron chi connectivity index (χ1n) is 12.3. The molecule has 188 valence electrons. The smallest absolute Gasteiger partial charge is 0.331 e. The van der Waals surface area contributed by atoms with Crippen molar-refractivity contribution in [3.63, 3.8) is 0 Å². The summed E-state index contributed by atoms with van der Waals surface area (Å²) in [6, 6.07) is 17.1. The number of benzene rings is 2. The third-order valence-electron chi connectivity index (χ3n) is 7.01. The summed E-state index contributed by atoms with van der Waals surface area (Å²) in [5.41, 5.74) is 2.85. The molecule has 2 aromatic heterocycles. The molecule has 0 unspecified atom stereocenters. The summed E-state index contributed by atoms with van der Waals surface area (Å²) in [5, 5.41) is 6.82. The van der Waals surface area contributed by atoms with Gasteiger partial charge in [-0.1, -0.05) is 18.2 Å². The first-order chi connectivity index (χ1) is 18.0. The fourth-order valence-corrected chi connectivity index (χ4v) is 6.11. The summed E-state index contributed by atoms with van der Waals surface area (Å²) in [5.74, 6) is 1.25. The molecule has 4 heterocycles. The van der Waals surface area contributed by atoms with Crippen molar-refractivity contribution in [2.24, 2.45) is 0 Å². The highest BCUT2D eigenvalue weighted by molar-refractivity contribution is 7.21. The fraction of sp³-hybridized carbons (Fsp3) is 0.250. The van der Waals surface area contributed by atoms with Crippen molar-refractivity contribution in [2.45, 2.75) is 25.8 Å². The normalized spacial score (nSPS) is 17.2. The molecule has 0 spiro atoms. The van der Waals surface area contributed by atoms with E-state index in [1.165, 1.54) is 11.3 Å². The number of hydrogen-bond donors (Lipinski definition) is 2. The summed E-state index contributed by atoms with van der Waals surface area (Å²) in [4.78, 5) is 36.2. The van der Waals surface area contributed by atoms with Gasteiger partial charge in [-0.3, -0.25) is 9.69 Å². The summed E-state index contributed by atoms with van der Waals surface area (Å²) >= 11 is 1.30. The zero-order valence-electron chi connectivity index (χ0n) is 20.7. The van der Waals surface area contributed by atoms with Crippen LogP contribution in [0.5, 0.6) is 11.5 Å². The zero-order chi connectivity index (χ0) is 25.5. The number of likely N-dealkylation sites (N-methyl/N-ethyl adjacent to an activating group) is 1. The van der Waals surface area contributed by atoms with Gasteiger partial charge < -0.3 is 20.3 Å². The molecule has 2 aromatic carbocycles. The van der Waals surface area contributed by atoms with Crippen LogP contribution < -0.4 is 20.3 Å². The van der Waals surface area contributed by atoms with E-state index in [0.717, 1.165) is 41.8 Å². The van der Waals surface area contributed by atoms with Gasteiger partial charge in [0, 0.05) is 18.8 Å². The number of thiophene rings is 1. The topological polar surface area (TPSA) is 86.8 Å². The highest BCUT2D eigenvalue weighted by atomic mass is 32.1. The number of ether oxygens (including phenoxy) is 1. The van der Waals surface area contributed by atoms with Crippen LogP contribution in [0.25, 0.3) is 10.2 Å². The standard InChI is InChI=1S/C28H27N5O3S/c1-17-15-20(36-19-8-4-3-5-9-19)10-11-21(17)33-22-12-13-29-27-23(22)24(31-28(33)35)25(37-27)26(34)30-16-18-7-6-14-32(18)2/h3-5,8-13,15,18H,6-7,14,16H2,1-2H3,(H,30,34)(H,31,35)/t18-/m0/s1. The predicted octanol–water partition coefficient (Wildman–Crippen LogP) is 5.90. The van der Waals surface area contributed by atoms with E-state index in [4.69, 9.17) is 4.74 Å². The molecule has 37 heavy (non-hydrogen) atoms. The van der Waals surface area contributed by atoms with Gasteiger partial charge in [0.25, 0.3) is 5.91 Å². The molecule has 3 amide bonds. The van der Waals surface area contributed by atoms with Crippen LogP contribution in [0.2, 0.25) is 0 Å². The lowest BCUT2D eigenvalue weighted by molar-refractivity contribution is 0.0948. The second-order valence-electron chi connectivity index (χ2n) is 9.43. The molecule has 8 nitrogen and oxygen atoms in total. The molecule has 2 N–H and O–H groups in total. The minimum absolute atomic E-state index is 0.184. The van der Waals surface area contributed by atoms with Crippen LogP contribution >= 0.6 is 11.3 Å². The number of anilines is 3. The van der Waals surface area contributed by atoms with Gasteiger partial charge in [-0.25, -0.2) is 9.78 Å². The van der Waals surface area contributed by atoms with Crippen molar-refractivity contribution in [1.29, 1.82) is 0 Å². The lowest BCUT2D eigenvalue weighted by Gasteiger charge is -2.29. The highest BCUT2D eigenvalue weighted by Gasteiger charge is 2.33. The number of aromatic nitrogens is 1. The van der Waals surface area contributed by atoms with E-state index in [1.807, 2.05) is 61.5 Å². The maximum Gasteiger partial charge on any atom is 0.331 e. The number of carbonyl (C=O) groups is 2. The van der Waals surface area contributed by atoms with Gasteiger partial charge in [0.15, 0.2) is 0 Å². The maximum absolute atomic E-state index is 13.4. The average Bonchev–Trinajstić information content (AvgIpc) is 3.48. The molecule has 9 heteroatoms. The Morgan fingerprint density at radius 2 is 2.00 bits per heavy atom. The Hall–Kier alpha value is -3.95. The van der Waals surface area contributed by atoms with Crippen LogP contribution in [0.1, 0.15) is 28.1 Å². The number of nitrogens with zero attached hydrogens (tertiary/aromatic N) is 3. The van der Waals surface area contributed by atoms with E-state index in [2.05, 4.69) is 27.6 Å². The minimum atomic E-state index is -0.317. The van der Waals surface area contributed by atoms with E-state index in [-0.39, 0.29) is 11.9 Å². The second kappa shape index (κ2) is 9.49. The average molecular weight is 514 g/mol. The summed E-state index contributed by atoms with van der Waals surface area (Å²) in [7, 11) is 2.08. The molecule has 1 atom stereocenters. The summed E-state index contributed by atoms with van der Waals surface area (Å²) in [6.45, 7) is 3.58. The number of urea groups is 1. The Labute approximate surface area is 218 Å². The summed E-state index contributed by atoms with van der Waals surface area (Å²) < 4.78 is 5.96. The van der Waals surface area contributed by atoms with Gasteiger partial charge in [-0.2, -0.15) is 0 Å². The molecular formula is C28H27N5O3S. The molecular weight excluding hydrogens is 486 g/mol. The zero-order valence-corrected chi connectivity index (χ0v) is 21.5. The van der Waals surface area contributed by atoms with Crippen molar-refractivity contribution < 1.29 is 14.3 Å². The van der Waals surface area contributed by atoms with Gasteiger partial charge in [0.1, 0.15) is 21.2 Å². The fourth-order valence-electron chi connectivity index (χ4n) is 5.08. The van der Waals surface area contributed by atoms with Crippen LogP contribution in [0.15, 0.2) is 60.8 Å². The number of nitrogens with one attached hydrogen (secondary N) is 2. The van der Waals surface area contributed by atoms with Crippen LogP contribution in [0.3, 0.4) is 0 Å². The van der Waals surface area contributed by atoms with E-state index in [9.17, 15) is 9.59 Å². The SMILES string of the molecule is Cc1cc(Oc2ccccc2)ccc1N1C(=O)Nc2c(C(=O)NC[C@@H]3CCCN3C)sc3nccc1c23. The third-order valence-corrected chi connectivity index (χ3v) is 8.11.